The third-order valence-electron chi connectivity index (χ3n) is 1.83. The monoisotopic (exact) mass is 205 g/mol. The van der Waals surface area contributed by atoms with Crippen molar-refractivity contribution in [3.63, 3.8) is 0 Å². The van der Waals surface area contributed by atoms with Crippen molar-refractivity contribution in [2.45, 2.75) is 6.42 Å². The summed E-state index contributed by atoms with van der Waals surface area (Å²) in [6.07, 6.45) is 4.05. The van der Waals surface area contributed by atoms with Crippen LogP contribution in [0.2, 0.25) is 0 Å². The third kappa shape index (κ3) is 1.88. The maximum absolute atomic E-state index is 5.51. The van der Waals surface area contributed by atoms with E-state index >= 15 is 0 Å². The van der Waals surface area contributed by atoms with E-state index in [2.05, 4.69) is 26.5 Å². The van der Waals surface area contributed by atoms with Gasteiger partial charge >= 0.3 is 0 Å². The highest BCUT2D eigenvalue weighted by atomic mass is 16.5. The topological polar surface area (TPSA) is 89.7 Å². The lowest BCUT2D eigenvalue weighted by Gasteiger charge is -2.04. The smallest absolute Gasteiger partial charge is 0.245 e. The molecular weight excluding hydrogens is 194 g/mol. The second-order valence-electron chi connectivity index (χ2n) is 2.91. The first-order valence-corrected chi connectivity index (χ1v) is 4.51. The second-order valence-corrected chi connectivity index (χ2v) is 2.91. The van der Waals surface area contributed by atoms with Crippen LogP contribution in [0.4, 0.5) is 5.95 Å². The largest absolute Gasteiger partial charge is 0.476 e. The lowest BCUT2D eigenvalue weighted by Crippen LogP contribution is -2.02. The molecule has 0 aliphatic rings. The molecule has 6 nitrogen and oxygen atoms in total. The van der Waals surface area contributed by atoms with Crippen LogP contribution in [-0.2, 0) is 0 Å². The van der Waals surface area contributed by atoms with E-state index in [0.29, 0.717) is 23.7 Å². The fraction of sp³-hybridized carbons (Fsp3) is 0.222. The van der Waals surface area contributed by atoms with Crippen LogP contribution >= 0.6 is 0 Å². The van der Waals surface area contributed by atoms with Gasteiger partial charge in [-0.3, -0.25) is 0 Å². The van der Waals surface area contributed by atoms with E-state index in [-0.39, 0.29) is 5.95 Å². The maximum Gasteiger partial charge on any atom is 0.245 e. The Morgan fingerprint density at radius 2 is 2.40 bits per heavy atom. The summed E-state index contributed by atoms with van der Waals surface area (Å²) in [4.78, 5) is 14.8. The Labute approximate surface area is 86.2 Å². The highest BCUT2D eigenvalue weighted by molar-refractivity contribution is 5.76. The fourth-order valence-electron chi connectivity index (χ4n) is 1.17. The average Bonchev–Trinajstić information content (AvgIpc) is 2.65. The molecule has 2 aromatic rings. The van der Waals surface area contributed by atoms with Gasteiger partial charge in [0.05, 0.1) is 12.9 Å². The first-order chi connectivity index (χ1) is 7.31. The van der Waals surface area contributed by atoms with Crippen molar-refractivity contribution < 1.29 is 4.74 Å². The molecule has 3 N–H and O–H groups in total. The molecule has 0 saturated carbocycles. The minimum Gasteiger partial charge on any atom is -0.476 e. The molecule has 0 radical (unpaired) electrons. The molecule has 0 aromatic carbocycles. The SMILES string of the molecule is C=CCCOc1nc(N)nc2nc[nH]c12. The number of nitrogens with zero attached hydrogens (tertiary/aromatic N) is 3. The number of hydrogen-bond donors (Lipinski definition) is 2. The number of nitrogens with one attached hydrogen (secondary N) is 1. The summed E-state index contributed by atoms with van der Waals surface area (Å²) in [7, 11) is 0. The zero-order valence-electron chi connectivity index (χ0n) is 8.10. The van der Waals surface area contributed by atoms with Gasteiger partial charge in [0.1, 0.15) is 5.52 Å². The number of nitrogens with two attached hydrogens (primary N) is 1. The summed E-state index contributed by atoms with van der Waals surface area (Å²) in [5.74, 6) is 0.583. The number of ether oxygens (including phenoxy) is 1. The molecule has 2 aromatic heterocycles. The molecule has 15 heavy (non-hydrogen) atoms. The molecular formula is C9H11N5O. The van der Waals surface area contributed by atoms with Crippen LogP contribution in [0.1, 0.15) is 6.42 Å². The van der Waals surface area contributed by atoms with Crippen LogP contribution in [0, 0.1) is 0 Å². The number of imidazole rings is 1. The minimum absolute atomic E-state index is 0.156. The van der Waals surface area contributed by atoms with E-state index in [1.54, 1.807) is 6.08 Å². The molecule has 0 amide bonds. The molecule has 0 saturated heterocycles. The molecule has 0 aliphatic carbocycles. The molecule has 6 heteroatoms. The first kappa shape index (κ1) is 9.45. The summed E-state index contributed by atoms with van der Waals surface area (Å²) in [5, 5.41) is 0. The van der Waals surface area contributed by atoms with Gasteiger partial charge in [0.2, 0.25) is 11.8 Å². The molecule has 0 bridgehead atoms. The standard InChI is InChI=1S/C9H11N5O/c1-2-3-4-15-8-6-7(12-5-11-6)13-9(10)14-8/h2,5H,1,3-4H2,(H3,10,11,12,13,14). The summed E-state index contributed by atoms with van der Waals surface area (Å²) < 4.78 is 5.43. The van der Waals surface area contributed by atoms with E-state index < -0.39 is 0 Å². The maximum atomic E-state index is 5.51. The lowest BCUT2D eigenvalue weighted by atomic mass is 10.4. The number of fused-ring (bicyclic) bond motifs is 1. The van der Waals surface area contributed by atoms with Gasteiger partial charge in [0.15, 0.2) is 5.65 Å². The fourth-order valence-corrected chi connectivity index (χ4v) is 1.17. The number of anilines is 1. The van der Waals surface area contributed by atoms with E-state index in [1.807, 2.05) is 0 Å². The average molecular weight is 205 g/mol. The zero-order chi connectivity index (χ0) is 10.7. The van der Waals surface area contributed by atoms with Crippen LogP contribution in [0.15, 0.2) is 19.0 Å². The molecule has 78 valence electrons. The highest BCUT2D eigenvalue weighted by Crippen LogP contribution is 2.19. The number of H-pyrrole nitrogens is 1. The lowest BCUT2D eigenvalue weighted by molar-refractivity contribution is 0.316. The van der Waals surface area contributed by atoms with E-state index in [0.717, 1.165) is 6.42 Å². The molecule has 2 heterocycles. The van der Waals surface area contributed by atoms with Crippen molar-refractivity contribution in [1.82, 2.24) is 19.9 Å². The minimum atomic E-state index is 0.156. The Morgan fingerprint density at radius 1 is 1.53 bits per heavy atom. The van der Waals surface area contributed by atoms with E-state index in [4.69, 9.17) is 10.5 Å². The van der Waals surface area contributed by atoms with Crippen LogP contribution < -0.4 is 10.5 Å². The Balaban J connectivity index is 2.31. The van der Waals surface area contributed by atoms with Gasteiger partial charge in [0, 0.05) is 0 Å². The van der Waals surface area contributed by atoms with Gasteiger partial charge in [-0.1, -0.05) is 6.08 Å². The van der Waals surface area contributed by atoms with Crippen molar-refractivity contribution >= 4 is 17.1 Å². The summed E-state index contributed by atoms with van der Waals surface area (Å²) in [6, 6.07) is 0. The molecule has 0 aliphatic heterocycles. The molecule has 2 rings (SSSR count). The summed E-state index contributed by atoms with van der Waals surface area (Å²) >= 11 is 0. The van der Waals surface area contributed by atoms with E-state index in [9.17, 15) is 0 Å². The first-order valence-electron chi connectivity index (χ1n) is 4.51. The Hall–Kier alpha value is -2.11. The highest BCUT2D eigenvalue weighted by Gasteiger charge is 2.08. The van der Waals surface area contributed by atoms with Gasteiger partial charge in [-0.15, -0.1) is 6.58 Å². The van der Waals surface area contributed by atoms with Crippen molar-refractivity contribution in [1.29, 1.82) is 0 Å². The van der Waals surface area contributed by atoms with Gasteiger partial charge in [-0.05, 0) is 6.42 Å². The Bertz CT molecular complexity index is 478. The quantitative estimate of drug-likeness (QED) is 0.571. The predicted octanol–water partition coefficient (Wildman–Crippen LogP) is 0.890. The van der Waals surface area contributed by atoms with Crippen LogP contribution in [0.3, 0.4) is 0 Å². The van der Waals surface area contributed by atoms with Gasteiger partial charge in [-0.2, -0.15) is 9.97 Å². The van der Waals surface area contributed by atoms with Gasteiger partial charge < -0.3 is 15.5 Å². The summed E-state index contributed by atoms with van der Waals surface area (Å²) in [6.45, 7) is 4.11. The van der Waals surface area contributed by atoms with Gasteiger partial charge in [0.25, 0.3) is 0 Å². The Morgan fingerprint density at radius 3 is 3.20 bits per heavy atom. The number of hydrogen-bond acceptors (Lipinski definition) is 5. The number of aromatic amines is 1. The third-order valence-corrected chi connectivity index (χ3v) is 1.83. The Kier molecular flexibility index (Phi) is 2.49. The second kappa shape index (κ2) is 3.95. The van der Waals surface area contributed by atoms with E-state index in [1.165, 1.54) is 6.33 Å². The number of rotatable bonds is 4. The van der Waals surface area contributed by atoms with Crippen LogP contribution in [0.5, 0.6) is 5.88 Å². The number of aromatic nitrogens is 4. The molecule has 0 spiro atoms. The van der Waals surface area contributed by atoms with Crippen LogP contribution in [0.25, 0.3) is 11.2 Å². The number of nitrogen functional groups attached to an aromatic ring is 1. The van der Waals surface area contributed by atoms with Crippen molar-refractivity contribution in [3.8, 4) is 5.88 Å². The normalized spacial score (nSPS) is 10.4. The molecule has 0 unspecified atom stereocenters. The van der Waals surface area contributed by atoms with Crippen molar-refractivity contribution in [3.05, 3.63) is 19.0 Å². The van der Waals surface area contributed by atoms with Crippen LogP contribution in [-0.4, -0.2) is 26.5 Å². The summed E-state index contributed by atoms with van der Waals surface area (Å²) in [5.41, 5.74) is 6.68. The molecule has 0 atom stereocenters. The van der Waals surface area contributed by atoms with Crippen molar-refractivity contribution in [2.24, 2.45) is 0 Å². The zero-order valence-corrected chi connectivity index (χ0v) is 8.10. The van der Waals surface area contributed by atoms with Crippen molar-refractivity contribution in [2.75, 3.05) is 12.3 Å². The molecule has 0 fully saturated rings. The van der Waals surface area contributed by atoms with Gasteiger partial charge in [-0.25, -0.2) is 4.98 Å². The predicted molar refractivity (Wildman–Crippen MR) is 56.4 cm³/mol.